The second-order valence-corrected chi connectivity index (χ2v) is 5.58. The van der Waals surface area contributed by atoms with Crippen LogP contribution in [0.4, 0.5) is 10.6 Å². The minimum absolute atomic E-state index is 0.0866. The van der Waals surface area contributed by atoms with Crippen molar-refractivity contribution in [3.8, 4) is 0 Å². The van der Waals surface area contributed by atoms with Gasteiger partial charge >= 0.3 is 6.03 Å². The van der Waals surface area contributed by atoms with Crippen LogP contribution in [-0.2, 0) is 0 Å². The Morgan fingerprint density at radius 3 is 2.81 bits per heavy atom. The van der Waals surface area contributed by atoms with Crippen LogP contribution in [0, 0.1) is 0 Å². The number of aromatic nitrogens is 3. The molecule has 7 nitrogen and oxygen atoms in total. The molecule has 21 heavy (non-hydrogen) atoms. The SMILES string of the molecule is O=C1NCCN1C1CCN(c2ncnc3[nH]ccc23)CC1. The maximum atomic E-state index is 11.7. The van der Waals surface area contributed by atoms with Crippen molar-refractivity contribution in [2.75, 3.05) is 31.1 Å². The Morgan fingerprint density at radius 2 is 2.05 bits per heavy atom. The lowest BCUT2D eigenvalue weighted by Crippen LogP contribution is -2.46. The largest absolute Gasteiger partial charge is 0.356 e. The maximum Gasteiger partial charge on any atom is 0.317 e. The van der Waals surface area contributed by atoms with Crippen LogP contribution < -0.4 is 10.2 Å². The summed E-state index contributed by atoms with van der Waals surface area (Å²) >= 11 is 0. The molecule has 7 heteroatoms. The van der Waals surface area contributed by atoms with Gasteiger partial charge in [0.1, 0.15) is 17.8 Å². The Balaban J connectivity index is 1.50. The number of hydrogen-bond donors (Lipinski definition) is 2. The van der Waals surface area contributed by atoms with Crippen molar-refractivity contribution in [3.63, 3.8) is 0 Å². The minimum atomic E-state index is 0.0866. The maximum absolute atomic E-state index is 11.7. The van der Waals surface area contributed by atoms with E-state index in [4.69, 9.17) is 0 Å². The summed E-state index contributed by atoms with van der Waals surface area (Å²) < 4.78 is 0. The summed E-state index contributed by atoms with van der Waals surface area (Å²) in [5.41, 5.74) is 0.876. The van der Waals surface area contributed by atoms with E-state index >= 15 is 0 Å². The van der Waals surface area contributed by atoms with Gasteiger partial charge in [-0.3, -0.25) is 0 Å². The summed E-state index contributed by atoms with van der Waals surface area (Å²) in [6.45, 7) is 3.45. The molecule has 2 aliphatic heterocycles. The fraction of sp³-hybridized carbons (Fsp3) is 0.500. The van der Waals surface area contributed by atoms with Gasteiger partial charge in [-0.25, -0.2) is 14.8 Å². The lowest BCUT2D eigenvalue weighted by Gasteiger charge is -2.36. The molecule has 0 radical (unpaired) electrons. The molecule has 4 heterocycles. The van der Waals surface area contributed by atoms with E-state index in [2.05, 4.69) is 25.2 Å². The summed E-state index contributed by atoms with van der Waals surface area (Å²) in [7, 11) is 0. The van der Waals surface area contributed by atoms with E-state index in [0.29, 0.717) is 6.04 Å². The second-order valence-electron chi connectivity index (χ2n) is 5.58. The van der Waals surface area contributed by atoms with Crippen LogP contribution in [0.25, 0.3) is 11.0 Å². The molecule has 0 unspecified atom stereocenters. The monoisotopic (exact) mass is 286 g/mol. The molecular formula is C14H18N6O. The molecule has 0 spiro atoms. The smallest absolute Gasteiger partial charge is 0.317 e. The van der Waals surface area contributed by atoms with E-state index in [0.717, 1.165) is 55.9 Å². The number of fused-ring (bicyclic) bond motifs is 1. The van der Waals surface area contributed by atoms with Gasteiger partial charge in [0.25, 0.3) is 0 Å². The summed E-state index contributed by atoms with van der Waals surface area (Å²) in [6.07, 6.45) is 5.48. The van der Waals surface area contributed by atoms with E-state index in [-0.39, 0.29) is 6.03 Å². The first kappa shape index (κ1) is 12.4. The predicted molar refractivity (Wildman–Crippen MR) is 79.2 cm³/mol. The highest BCUT2D eigenvalue weighted by molar-refractivity contribution is 5.87. The van der Waals surface area contributed by atoms with Gasteiger partial charge in [-0.2, -0.15) is 0 Å². The van der Waals surface area contributed by atoms with Crippen LogP contribution in [0.5, 0.6) is 0 Å². The summed E-state index contributed by atoms with van der Waals surface area (Å²) in [5.74, 6) is 0.991. The summed E-state index contributed by atoms with van der Waals surface area (Å²) in [5, 5.41) is 3.94. The van der Waals surface area contributed by atoms with Gasteiger partial charge < -0.3 is 20.1 Å². The molecule has 0 aliphatic carbocycles. The average molecular weight is 286 g/mol. The first-order valence-corrected chi connectivity index (χ1v) is 7.40. The van der Waals surface area contributed by atoms with Gasteiger partial charge in [0, 0.05) is 38.4 Å². The fourth-order valence-electron chi connectivity index (χ4n) is 3.33. The van der Waals surface area contributed by atoms with E-state index in [1.54, 1.807) is 6.33 Å². The zero-order chi connectivity index (χ0) is 14.2. The molecule has 0 aromatic carbocycles. The molecule has 2 fully saturated rings. The standard InChI is InChI=1S/C14H18N6O/c21-14-16-5-8-20(14)10-2-6-19(7-3-10)13-11-1-4-15-12(11)17-9-18-13/h1,4,9-10H,2-3,5-8H2,(H,16,21)(H,15,17,18). The molecule has 0 bridgehead atoms. The molecule has 2 aliphatic rings. The van der Waals surface area contributed by atoms with Crippen molar-refractivity contribution in [1.82, 2.24) is 25.2 Å². The van der Waals surface area contributed by atoms with Crippen LogP contribution in [0.2, 0.25) is 0 Å². The van der Waals surface area contributed by atoms with Gasteiger partial charge in [-0.05, 0) is 18.9 Å². The molecule has 2 aromatic rings. The molecule has 0 atom stereocenters. The van der Waals surface area contributed by atoms with E-state index in [1.807, 2.05) is 17.2 Å². The Morgan fingerprint density at radius 1 is 1.19 bits per heavy atom. The summed E-state index contributed by atoms with van der Waals surface area (Å²) in [4.78, 5) is 27.8. The highest BCUT2D eigenvalue weighted by Crippen LogP contribution is 2.26. The number of nitrogens with zero attached hydrogens (tertiary/aromatic N) is 4. The normalized spacial score (nSPS) is 20.3. The number of anilines is 1. The Kier molecular flexibility index (Phi) is 2.90. The number of amides is 2. The van der Waals surface area contributed by atoms with E-state index in [1.165, 1.54) is 0 Å². The van der Waals surface area contributed by atoms with Crippen LogP contribution in [0.15, 0.2) is 18.6 Å². The number of piperidine rings is 1. The third kappa shape index (κ3) is 2.09. The van der Waals surface area contributed by atoms with Crippen LogP contribution >= 0.6 is 0 Å². The number of H-pyrrole nitrogens is 1. The van der Waals surface area contributed by atoms with E-state index < -0.39 is 0 Å². The van der Waals surface area contributed by atoms with Crippen molar-refractivity contribution in [2.24, 2.45) is 0 Å². The van der Waals surface area contributed by atoms with Crippen molar-refractivity contribution >= 4 is 22.9 Å². The van der Waals surface area contributed by atoms with Crippen molar-refractivity contribution < 1.29 is 4.79 Å². The fourth-order valence-corrected chi connectivity index (χ4v) is 3.33. The quantitative estimate of drug-likeness (QED) is 0.862. The Bertz CT molecular complexity index is 660. The lowest BCUT2D eigenvalue weighted by atomic mass is 10.0. The van der Waals surface area contributed by atoms with Gasteiger partial charge in [0.15, 0.2) is 0 Å². The first-order valence-electron chi connectivity index (χ1n) is 7.40. The molecule has 0 saturated carbocycles. The molecule has 110 valence electrons. The van der Waals surface area contributed by atoms with E-state index in [9.17, 15) is 4.79 Å². The minimum Gasteiger partial charge on any atom is -0.356 e. The molecular weight excluding hydrogens is 268 g/mol. The first-order chi connectivity index (χ1) is 10.3. The zero-order valence-corrected chi connectivity index (χ0v) is 11.7. The molecule has 2 aromatic heterocycles. The number of nitrogens with one attached hydrogen (secondary N) is 2. The van der Waals surface area contributed by atoms with Gasteiger partial charge in [0.2, 0.25) is 0 Å². The topological polar surface area (TPSA) is 77.2 Å². The third-order valence-corrected chi connectivity index (χ3v) is 4.43. The third-order valence-electron chi connectivity index (χ3n) is 4.43. The molecule has 4 rings (SSSR count). The molecule has 2 amide bonds. The van der Waals surface area contributed by atoms with Crippen LogP contribution in [0.1, 0.15) is 12.8 Å². The molecule has 2 saturated heterocycles. The predicted octanol–water partition coefficient (Wildman–Crippen LogP) is 0.952. The van der Waals surface area contributed by atoms with Gasteiger partial charge in [-0.1, -0.05) is 0 Å². The lowest BCUT2D eigenvalue weighted by molar-refractivity contribution is 0.186. The number of rotatable bonds is 2. The zero-order valence-electron chi connectivity index (χ0n) is 11.7. The van der Waals surface area contributed by atoms with Crippen molar-refractivity contribution in [1.29, 1.82) is 0 Å². The number of aromatic amines is 1. The number of carbonyl (C=O) groups is 1. The highest BCUT2D eigenvalue weighted by Gasteiger charge is 2.31. The van der Waals surface area contributed by atoms with Gasteiger partial charge in [-0.15, -0.1) is 0 Å². The van der Waals surface area contributed by atoms with Crippen LogP contribution in [-0.4, -0.2) is 58.1 Å². The molecule has 2 N–H and O–H groups in total. The second kappa shape index (κ2) is 4.91. The highest BCUT2D eigenvalue weighted by atomic mass is 16.2. The Hall–Kier alpha value is -2.31. The van der Waals surface area contributed by atoms with Crippen LogP contribution in [0.3, 0.4) is 0 Å². The number of urea groups is 1. The number of carbonyl (C=O) groups excluding carboxylic acids is 1. The number of hydrogen-bond acceptors (Lipinski definition) is 4. The average Bonchev–Trinajstić information content (AvgIpc) is 3.15. The Labute approximate surface area is 122 Å². The van der Waals surface area contributed by atoms with Crippen molar-refractivity contribution in [2.45, 2.75) is 18.9 Å². The van der Waals surface area contributed by atoms with Gasteiger partial charge in [0.05, 0.1) is 5.39 Å². The van der Waals surface area contributed by atoms with Crippen molar-refractivity contribution in [3.05, 3.63) is 18.6 Å². The summed E-state index contributed by atoms with van der Waals surface area (Å²) in [6, 6.07) is 2.46.